The molecule has 0 radical (unpaired) electrons. The van der Waals surface area contributed by atoms with Crippen LogP contribution in [0.2, 0.25) is 0 Å². The maximum absolute atomic E-state index is 8.46. The molecule has 1 rings (SSSR count). The highest BCUT2D eigenvalue weighted by molar-refractivity contribution is 9.13. The Labute approximate surface area is 105 Å². The van der Waals surface area contributed by atoms with Gasteiger partial charge in [0.15, 0.2) is 4.67 Å². The third-order valence-corrected chi connectivity index (χ3v) is 3.36. The van der Waals surface area contributed by atoms with Crippen molar-refractivity contribution in [2.45, 2.75) is 6.54 Å². The molecule has 0 aliphatic heterocycles. The molecule has 2 N–H and O–H groups in total. The van der Waals surface area contributed by atoms with Crippen LogP contribution < -0.4 is 5.32 Å². The average Bonchev–Trinajstić information content (AvgIpc) is 2.52. The van der Waals surface area contributed by atoms with Gasteiger partial charge in [0.25, 0.3) is 0 Å². The van der Waals surface area contributed by atoms with E-state index in [2.05, 4.69) is 37.2 Å². The van der Waals surface area contributed by atoms with Crippen molar-refractivity contribution in [3.05, 3.63) is 21.0 Å². The number of aliphatic hydroxyl groups is 1. The smallest absolute Gasteiger partial charge is 0.183 e. The van der Waals surface area contributed by atoms with E-state index in [1.165, 1.54) is 0 Å². The summed E-state index contributed by atoms with van der Waals surface area (Å²) in [7, 11) is 0. The van der Waals surface area contributed by atoms with Crippen LogP contribution in [0.25, 0.3) is 0 Å². The van der Waals surface area contributed by atoms with Crippen molar-refractivity contribution in [3.8, 4) is 0 Å². The van der Waals surface area contributed by atoms with Gasteiger partial charge in [-0.3, -0.25) is 0 Å². The summed E-state index contributed by atoms with van der Waals surface area (Å²) >= 11 is 6.60. The van der Waals surface area contributed by atoms with Gasteiger partial charge >= 0.3 is 0 Å². The highest BCUT2D eigenvalue weighted by Crippen LogP contribution is 2.26. The van der Waals surface area contributed by atoms with Crippen LogP contribution in [0.1, 0.15) is 5.76 Å². The Morgan fingerprint density at radius 2 is 2.20 bits per heavy atom. The number of nitrogens with one attached hydrogen (secondary N) is 1. The van der Waals surface area contributed by atoms with Gasteiger partial charge in [-0.2, -0.15) is 0 Å². The predicted octanol–water partition coefficient (Wildman–Crippen LogP) is 1.90. The highest BCUT2D eigenvalue weighted by atomic mass is 79.9. The van der Waals surface area contributed by atoms with Gasteiger partial charge in [-0.25, -0.2) is 0 Å². The Hall–Kier alpha value is 0.120. The minimum atomic E-state index is 0.0675. The van der Waals surface area contributed by atoms with Crippen LogP contribution in [0.3, 0.4) is 0 Å². The summed E-state index contributed by atoms with van der Waals surface area (Å²) in [5.41, 5.74) is 0. The van der Waals surface area contributed by atoms with E-state index in [4.69, 9.17) is 14.3 Å². The molecular formula is C9H13Br2NO3. The molecule has 86 valence electrons. The molecule has 0 spiro atoms. The lowest BCUT2D eigenvalue weighted by atomic mass is 10.4. The van der Waals surface area contributed by atoms with Crippen molar-refractivity contribution < 1.29 is 14.3 Å². The molecular weight excluding hydrogens is 330 g/mol. The molecule has 1 aromatic heterocycles. The molecule has 0 aliphatic rings. The number of hydrogen-bond donors (Lipinski definition) is 2. The number of ether oxygens (including phenoxy) is 1. The second-order valence-corrected chi connectivity index (χ2v) is 4.42. The largest absolute Gasteiger partial charge is 0.452 e. The van der Waals surface area contributed by atoms with Gasteiger partial charge in [0, 0.05) is 6.54 Å². The van der Waals surface area contributed by atoms with E-state index in [-0.39, 0.29) is 6.61 Å². The van der Waals surface area contributed by atoms with Crippen molar-refractivity contribution in [1.29, 1.82) is 0 Å². The Morgan fingerprint density at radius 1 is 1.40 bits per heavy atom. The fourth-order valence-corrected chi connectivity index (χ4v) is 1.66. The maximum atomic E-state index is 8.46. The van der Waals surface area contributed by atoms with E-state index in [1.54, 1.807) is 0 Å². The normalized spacial score (nSPS) is 10.9. The lowest BCUT2D eigenvalue weighted by molar-refractivity contribution is 0.0936. The van der Waals surface area contributed by atoms with Crippen molar-refractivity contribution in [3.63, 3.8) is 0 Å². The summed E-state index contributed by atoms with van der Waals surface area (Å²) in [6, 6.07) is 1.91. The Balaban J connectivity index is 2.10. The van der Waals surface area contributed by atoms with Gasteiger partial charge < -0.3 is 19.6 Å². The highest BCUT2D eigenvalue weighted by Gasteiger charge is 2.04. The molecule has 1 heterocycles. The average molecular weight is 343 g/mol. The van der Waals surface area contributed by atoms with Gasteiger partial charge in [0.05, 0.1) is 30.8 Å². The summed E-state index contributed by atoms with van der Waals surface area (Å²) in [5.74, 6) is 0.857. The summed E-state index contributed by atoms with van der Waals surface area (Å²) in [5, 5.41) is 11.6. The van der Waals surface area contributed by atoms with Crippen LogP contribution >= 0.6 is 31.9 Å². The summed E-state index contributed by atoms with van der Waals surface area (Å²) < 4.78 is 12.1. The van der Waals surface area contributed by atoms with Crippen molar-refractivity contribution >= 4 is 31.9 Å². The standard InChI is InChI=1S/C9H13Br2NO3/c10-8-5-7(15-9(8)11)6-12-1-3-14-4-2-13/h5,12-13H,1-4,6H2. The monoisotopic (exact) mass is 341 g/mol. The maximum Gasteiger partial charge on any atom is 0.183 e. The van der Waals surface area contributed by atoms with Crippen molar-refractivity contribution in [1.82, 2.24) is 5.32 Å². The summed E-state index contributed by atoms with van der Waals surface area (Å²) in [6.07, 6.45) is 0. The Morgan fingerprint density at radius 3 is 2.80 bits per heavy atom. The van der Waals surface area contributed by atoms with E-state index >= 15 is 0 Å². The number of aliphatic hydroxyl groups excluding tert-OH is 1. The molecule has 0 atom stereocenters. The molecule has 0 aliphatic carbocycles. The van der Waals surface area contributed by atoms with Crippen LogP contribution in [-0.2, 0) is 11.3 Å². The Bertz CT molecular complexity index is 271. The quantitative estimate of drug-likeness (QED) is 0.743. The molecule has 0 unspecified atom stereocenters. The fraction of sp³-hybridized carbons (Fsp3) is 0.556. The third kappa shape index (κ3) is 5.12. The third-order valence-electron chi connectivity index (χ3n) is 1.65. The van der Waals surface area contributed by atoms with Crippen molar-refractivity contribution in [2.24, 2.45) is 0 Å². The van der Waals surface area contributed by atoms with E-state index in [9.17, 15) is 0 Å². The second kappa shape index (κ2) is 7.40. The van der Waals surface area contributed by atoms with Gasteiger partial charge in [0.1, 0.15) is 5.76 Å². The van der Waals surface area contributed by atoms with Crippen LogP contribution in [0, 0.1) is 0 Å². The topological polar surface area (TPSA) is 54.6 Å². The lowest BCUT2D eigenvalue weighted by Gasteiger charge is -2.02. The first-order valence-corrected chi connectivity index (χ1v) is 6.15. The van der Waals surface area contributed by atoms with E-state index < -0.39 is 0 Å². The molecule has 1 aromatic rings. The molecule has 4 nitrogen and oxygen atoms in total. The SMILES string of the molecule is OCCOCCNCc1cc(Br)c(Br)o1. The van der Waals surface area contributed by atoms with Gasteiger partial charge in [0.2, 0.25) is 0 Å². The van der Waals surface area contributed by atoms with E-state index in [1.807, 2.05) is 6.07 Å². The molecule has 0 fully saturated rings. The van der Waals surface area contributed by atoms with Gasteiger partial charge in [-0.05, 0) is 37.9 Å². The van der Waals surface area contributed by atoms with E-state index in [0.717, 1.165) is 16.8 Å². The van der Waals surface area contributed by atoms with Gasteiger partial charge in [-0.15, -0.1) is 0 Å². The zero-order chi connectivity index (χ0) is 11.1. The molecule has 0 bridgehead atoms. The van der Waals surface area contributed by atoms with Crippen molar-refractivity contribution in [2.75, 3.05) is 26.4 Å². The second-order valence-electron chi connectivity index (χ2n) is 2.85. The number of rotatable bonds is 7. The molecule has 15 heavy (non-hydrogen) atoms. The zero-order valence-corrected chi connectivity index (χ0v) is 11.3. The first kappa shape index (κ1) is 13.2. The molecule has 6 heteroatoms. The predicted molar refractivity (Wildman–Crippen MR) is 63.7 cm³/mol. The molecule has 0 saturated carbocycles. The zero-order valence-electron chi connectivity index (χ0n) is 8.13. The number of halogens is 2. The Kier molecular flexibility index (Phi) is 6.51. The first-order chi connectivity index (χ1) is 7.24. The van der Waals surface area contributed by atoms with Crippen LogP contribution in [0.5, 0.6) is 0 Å². The van der Waals surface area contributed by atoms with Crippen LogP contribution in [-0.4, -0.2) is 31.5 Å². The summed E-state index contributed by atoms with van der Waals surface area (Å²) in [4.78, 5) is 0. The van der Waals surface area contributed by atoms with Crippen LogP contribution in [0.15, 0.2) is 19.6 Å². The minimum Gasteiger partial charge on any atom is -0.452 e. The molecule has 0 saturated heterocycles. The molecule has 0 amide bonds. The number of furan rings is 1. The lowest BCUT2D eigenvalue weighted by Crippen LogP contribution is -2.19. The summed E-state index contributed by atoms with van der Waals surface area (Å²) in [6.45, 7) is 2.43. The number of hydrogen-bond acceptors (Lipinski definition) is 4. The minimum absolute atomic E-state index is 0.0675. The van der Waals surface area contributed by atoms with E-state index in [0.29, 0.717) is 24.4 Å². The van der Waals surface area contributed by atoms with Gasteiger partial charge in [-0.1, -0.05) is 0 Å². The fourth-order valence-electron chi connectivity index (χ4n) is 1.00. The van der Waals surface area contributed by atoms with Crippen LogP contribution in [0.4, 0.5) is 0 Å². The molecule has 0 aromatic carbocycles. The first-order valence-electron chi connectivity index (χ1n) is 4.57.